The summed E-state index contributed by atoms with van der Waals surface area (Å²) in [6, 6.07) is 0. The molecule has 0 aromatic carbocycles. The van der Waals surface area contributed by atoms with Gasteiger partial charge in [-0.3, -0.25) is 0 Å². The van der Waals surface area contributed by atoms with E-state index in [-0.39, 0.29) is 0 Å². The molecule has 0 aliphatic carbocycles. The lowest BCUT2D eigenvalue weighted by Gasteiger charge is -2.40. The van der Waals surface area contributed by atoms with Crippen molar-refractivity contribution in [2.75, 3.05) is 0 Å². The van der Waals surface area contributed by atoms with Gasteiger partial charge < -0.3 is 0 Å². The summed E-state index contributed by atoms with van der Waals surface area (Å²) in [6.07, 6.45) is -48.2. The van der Waals surface area contributed by atoms with Crippen molar-refractivity contribution in [2.45, 2.75) is 48.3 Å². The van der Waals surface area contributed by atoms with Gasteiger partial charge in [0.25, 0.3) is 0 Å². The molecule has 0 amide bonds. The Labute approximate surface area is 133 Å². The van der Waals surface area contributed by atoms with E-state index in [1.165, 1.54) is 0 Å². The highest BCUT2D eigenvalue weighted by molar-refractivity contribution is 5.06. The third kappa shape index (κ3) is 3.69. The zero-order valence-corrected chi connectivity index (χ0v) is 11.2. The van der Waals surface area contributed by atoms with E-state index in [1.807, 2.05) is 0 Å². The zero-order valence-electron chi connectivity index (χ0n) is 11.2. The van der Waals surface area contributed by atoms with Crippen molar-refractivity contribution in [1.29, 1.82) is 0 Å². The SMILES string of the molecule is FC(F)(F)C(F)(C(F)(F)F)C(F)(F)OC(F)(F)C(F)(C(F)(F)F)C(F)(F)F. The van der Waals surface area contributed by atoms with Crippen LogP contribution in [0.1, 0.15) is 0 Å². The number of hydrogen-bond donors (Lipinski definition) is 0. The van der Waals surface area contributed by atoms with Gasteiger partial charge in [-0.25, -0.2) is 13.5 Å². The minimum Gasteiger partial charge on any atom is -0.249 e. The minimum absolute atomic E-state index is 0.965. The van der Waals surface area contributed by atoms with Crippen LogP contribution in [0.25, 0.3) is 0 Å². The molecule has 0 saturated heterocycles. The smallest absolute Gasteiger partial charge is 0.249 e. The fraction of sp³-hybridized carbons (Fsp3) is 1.00. The highest BCUT2D eigenvalue weighted by atomic mass is 19.4. The predicted octanol–water partition coefficient (Wildman–Crippen LogP) is 5.85. The Kier molecular flexibility index (Phi) is 5.80. The second kappa shape index (κ2) is 6.10. The molecule has 0 N–H and O–H groups in total. The normalized spacial score (nSPS) is 16.7. The summed E-state index contributed by atoms with van der Waals surface area (Å²) in [5, 5.41) is 0. The summed E-state index contributed by atoms with van der Waals surface area (Å²) in [4.78, 5) is 0. The zero-order chi connectivity index (χ0) is 22.7. The molecule has 0 radical (unpaired) electrons. The molecule has 0 aliphatic heterocycles. The van der Waals surface area contributed by atoms with Crippen LogP contribution in [0.2, 0.25) is 0 Å². The largest absolute Gasteiger partial charge is 0.440 e. The Balaban J connectivity index is 6.60. The van der Waals surface area contributed by atoms with Gasteiger partial charge in [-0.1, -0.05) is 0 Å². The lowest BCUT2D eigenvalue weighted by Crippen LogP contribution is -2.71. The van der Waals surface area contributed by atoms with Gasteiger partial charge in [0.2, 0.25) is 0 Å². The van der Waals surface area contributed by atoms with Crippen molar-refractivity contribution in [2.24, 2.45) is 0 Å². The number of halogens is 18. The fourth-order valence-corrected chi connectivity index (χ4v) is 1.28. The van der Waals surface area contributed by atoms with Crippen LogP contribution in [0.4, 0.5) is 79.0 Å². The maximum atomic E-state index is 13.0. The van der Waals surface area contributed by atoms with Gasteiger partial charge in [-0.15, -0.1) is 0 Å². The number of alkyl halides is 18. The van der Waals surface area contributed by atoms with Crippen LogP contribution < -0.4 is 0 Å². The fourth-order valence-electron chi connectivity index (χ4n) is 1.28. The summed E-state index contributed by atoms with van der Waals surface area (Å²) >= 11 is 0. The van der Waals surface area contributed by atoms with Gasteiger partial charge in [0, 0.05) is 0 Å². The van der Waals surface area contributed by atoms with E-state index in [0.29, 0.717) is 0 Å². The molecule has 0 atom stereocenters. The van der Waals surface area contributed by atoms with Gasteiger partial charge in [0.15, 0.2) is 0 Å². The lowest BCUT2D eigenvalue weighted by atomic mass is 10.0. The second-order valence-electron chi connectivity index (χ2n) is 4.44. The molecule has 0 spiro atoms. The van der Waals surface area contributed by atoms with Gasteiger partial charge >= 0.3 is 48.3 Å². The van der Waals surface area contributed by atoms with E-state index in [0.717, 1.165) is 4.74 Å². The molecule has 0 aromatic rings. The van der Waals surface area contributed by atoms with Crippen LogP contribution in [-0.4, -0.2) is 48.3 Å². The Hall–Kier alpha value is -1.30. The Morgan fingerprint density at radius 3 is 0.556 bits per heavy atom. The molecular weight excluding hydrogens is 454 g/mol. The molecule has 19 heteroatoms. The van der Waals surface area contributed by atoms with Crippen LogP contribution in [0.15, 0.2) is 0 Å². The molecule has 0 heterocycles. The summed E-state index contributed by atoms with van der Waals surface area (Å²) in [5.41, 5.74) is -16.5. The first-order valence-corrected chi connectivity index (χ1v) is 5.31. The van der Waals surface area contributed by atoms with Crippen molar-refractivity contribution in [3.63, 3.8) is 0 Å². The third-order valence-corrected chi connectivity index (χ3v) is 2.62. The van der Waals surface area contributed by atoms with E-state index in [9.17, 15) is 79.0 Å². The van der Waals surface area contributed by atoms with Crippen LogP contribution in [0.5, 0.6) is 0 Å². The van der Waals surface area contributed by atoms with Crippen LogP contribution >= 0.6 is 0 Å². The molecule has 0 rings (SSSR count). The lowest BCUT2D eigenvalue weighted by molar-refractivity contribution is -0.526. The molecule has 1 nitrogen and oxygen atoms in total. The molecule has 27 heavy (non-hydrogen) atoms. The highest BCUT2D eigenvalue weighted by Gasteiger charge is 2.91. The van der Waals surface area contributed by atoms with Crippen LogP contribution in [0, 0.1) is 0 Å². The third-order valence-electron chi connectivity index (χ3n) is 2.62. The minimum atomic E-state index is -8.24. The highest BCUT2D eigenvalue weighted by Crippen LogP contribution is 2.60. The topological polar surface area (TPSA) is 9.23 Å². The molecular formula is C8F18O. The molecule has 0 fully saturated rings. The summed E-state index contributed by atoms with van der Waals surface area (Å²) < 4.78 is 222. The van der Waals surface area contributed by atoms with Gasteiger partial charge in [0.05, 0.1) is 0 Å². The number of ether oxygens (including phenoxy) is 1. The summed E-state index contributed by atoms with van der Waals surface area (Å²) in [6.45, 7) is 0. The van der Waals surface area contributed by atoms with E-state index in [2.05, 4.69) is 0 Å². The number of hydrogen-bond acceptors (Lipinski definition) is 1. The summed E-state index contributed by atoms with van der Waals surface area (Å²) in [7, 11) is 0. The molecule has 0 aromatic heterocycles. The van der Waals surface area contributed by atoms with Crippen molar-refractivity contribution in [1.82, 2.24) is 0 Å². The van der Waals surface area contributed by atoms with Gasteiger partial charge in [-0.2, -0.15) is 70.2 Å². The van der Waals surface area contributed by atoms with E-state index >= 15 is 0 Å². The Bertz CT molecular complexity index is 454. The van der Waals surface area contributed by atoms with Gasteiger partial charge in [-0.05, 0) is 0 Å². The van der Waals surface area contributed by atoms with Crippen molar-refractivity contribution in [3.8, 4) is 0 Å². The van der Waals surface area contributed by atoms with Crippen molar-refractivity contribution in [3.05, 3.63) is 0 Å². The van der Waals surface area contributed by atoms with Crippen molar-refractivity contribution < 1.29 is 83.8 Å². The number of rotatable bonds is 4. The first-order valence-electron chi connectivity index (χ1n) is 5.31. The van der Waals surface area contributed by atoms with E-state index < -0.39 is 48.3 Å². The molecule has 164 valence electrons. The molecule has 0 unspecified atom stereocenters. The maximum Gasteiger partial charge on any atom is 0.440 e. The average molecular weight is 454 g/mol. The maximum absolute atomic E-state index is 13.0. The average Bonchev–Trinajstić information content (AvgIpc) is 2.29. The standard InChI is InChI=1S/C8F18O/c9-1(3(11,12)13,4(14,15)16)7(23,24)27-8(25,26)2(10,5(17,18)19)6(20,21)22. The quantitative estimate of drug-likeness (QED) is 0.485. The van der Waals surface area contributed by atoms with E-state index in [4.69, 9.17) is 0 Å². The second-order valence-corrected chi connectivity index (χ2v) is 4.44. The first-order chi connectivity index (χ1) is 11.2. The van der Waals surface area contributed by atoms with Crippen molar-refractivity contribution >= 4 is 0 Å². The van der Waals surface area contributed by atoms with Crippen LogP contribution in [0.3, 0.4) is 0 Å². The Morgan fingerprint density at radius 2 is 0.444 bits per heavy atom. The summed E-state index contributed by atoms with van der Waals surface area (Å²) in [5.74, 6) is 0. The molecule has 0 aliphatic rings. The van der Waals surface area contributed by atoms with Gasteiger partial charge in [0.1, 0.15) is 0 Å². The van der Waals surface area contributed by atoms with E-state index in [1.54, 1.807) is 0 Å². The molecule has 0 saturated carbocycles. The molecule has 0 bridgehead atoms. The van der Waals surface area contributed by atoms with Crippen LogP contribution in [-0.2, 0) is 4.74 Å². The monoisotopic (exact) mass is 454 g/mol. The Morgan fingerprint density at radius 1 is 0.296 bits per heavy atom. The first kappa shape index (κ1) is 25.7. The predicted molar refractivity (Wildman–Crippen MR) is 42.9 cm³/mol.